The number of rotatable bonds is 13. The topological polar surface area (TPSA) is 97.0 Å². The van der Waals surface area contributed by atoms with Crippen LogP contribution in [-0.2, 0) is 21.4 Å². The average Bonchev–Trinajstić information content (AvgIpc) is 3.34. The number of carbonyl (C=O) groups is 1. The third kappa shape index (κ3) is 6.71. The fourth-order valence-corrected chi connectivity index (χ4v) is 5.04. The van der Waals surface area contributed by atoms with Crippen LogP contribution in [-0.4, -0.2) is 36.4 Å². The summed E-state index contributed by atoms with van der Waals surface area (Å²) >= 11 is 0. The van der Waals surface area contributed by atoms with E-state index in [1.54, 1.807) is 54.8 Å². The maximum absolute atomic E-state index is 13.6. The van der Waals surface area contributed by atoms with Crippen LogP contribution in [0.2, 0.25) is 0 Å². The predicted octanol–water partition coefficient (Wildman–Crippen LogP) is 5.57. The number of ether oxygens (including phenoxy) is 1. The molecule has 0 aliphatic heterocycles. The Kier molecular flexibility index (Phi) is 8.38. The van der Waals surface area contributed by atoms with Gasteiger partial charge in [0.25, 0.3) is 0 Å². The largest absolute Gasteiger partial charge is 0.493 e. The van der Waals surface area contributed by atoms with Gasteiger partial charge in [-0.3, -0.25) is 4.79 Å². The number of carboxylic acids is 1. The van der Waals surface area contributed by atoms with E-state index in [1.807, 2.05) is 0 Å². The minimum absolute atomic E-state index is 0.0338. The van der Waals surface area contributed by atoms with Crippen LogP contribution in [0.3, 0.4) is 0 Å². The first kappa shape index (κ1) is 24.0. The van der Waals surface area contributed by atoms with Gasteiger partial charge in [0, 0.05) is 31.5 Å². The van der Waals surface area contributed by atoms with E-state index in [2.05, 4.69) is 0 Å². The molecular weight excluding hydrogens is 454 g/mol. The Hall–Kier alpha value is -3.10. The molecule has 0 spiro atoms. The van der Waals surface area contributed by atoms with Gasteiger partial charge in [-0.1, -0.05) is 18.2 Å². The van der Waals surface area contributed by atoms with Crippen molar-refractivity contribution < 1.29 is 28.8 Å². The molecule has 1 heterocycles. The number of benzene rings is 2. The molecule has 182 valence electrons. The van der Waals surface area contributed by atoms with Gasteiger partial charge in [-0.15, -0.1) is 0 Å². The van der Waals surface area contributed by atoms with Crippen LogP contribution in [0.25, 0.3) is 11.3 Å². The Morgan fingerprint density at radius 3 is 2.44 bits per heavy atom. The monoisotopic (exact) mass is 486 g/mol. The fourth-order valence-electron chi connectivity index (χ4n) is 3.51. The molecule has 0 aliphatic rings. The predicted molar refractivity (Wildman–Crippen MR) is 130 cm³/mol. The molecule has 0 bridgehead atoms. The Bertz CT molecular complexity index is 1200. The summed E-state index contributed by atoms with van der Waals surface area (Å²) in [5.41, 5.74) is 1.40. The molecule has 1 aromatic heterocycles. The molecule has 0 aliphatic carbocycles. The fraction of sp³-hybridized carbons (Fsp3) is 0.346. The highest BCUT2D eigenvalue weighted by molar-refractivity contribution is 7.89. The molecule has 8 heteroatoms. The molecule has 3 rings (SSSR count). The average molecular weight is 487 g/mol. The molecule has 0 amide bonds. The van der Waals surface area contributed by atoms with Crippen molar-refractivity contribution in [1.29, 1.82) is 0 Å². The minimum atomic E-state index is -4.00. The Morgan fingerprint density at radius 1 is 1.06 bits per heavy atom. The molecule has 7 nitrogen and oxygen atoms in total. The lowest BCUT2D eigenvalue weighted by Crippen LogP contribution is -2.36. The van der Waals surface area contributed by atoms with Crippen LogP contribution >= 0.6 is 0 Å². The van der Waals surface area contributed by atoms with Crippen molar-refractivity contribution in [1.82, 2.24) is 4.31 Å². The lowest BCUT2D eigenvalue weighted by atomic mass is 10.2. The van der Waals surface area contributed by atoms with Crippen LogP contribution in [0.5, 0.6) is 5.75 Å². The summed E-state index contributed by atoms with van der Waals surface area (Å²) < 4.78 is 48.1. The third-order valence-corrected chi connectivity index (χ3v) is 7.27. The molecule has 1 N–H and O–H groups in total. The number of hydrogen-bond donors (Lipinski definition) is 1. The van der Waals surface area contributed by atoms with Gasteiger partial charge in [-0.25, -0.2) is 8.42 Å². The van der Waals surface area contributed by atoms with Gasteiger partial charge >= 0.3 is 5.97 Å². The normalized spacial score (nSPS) is 12.5. The second-order valence-corrected chi connectivity index (χ2v) is 9.98. The van der Waals surface area contributed by atoms with Gasteiger partial charge in [-0.2, -0.15) is 4.31 Å². The van der Waals surface area contributed by atoms with E-state index in [0.717, 1.165) is 16.3 Å². The number of nitrogens with zero attached hydrogens (tertiary/aromatic N) is 1. The van der Waals surface area contributed by atoms with Crippen molar-refractivity contribution >= 4 is 16.0 Å². The molecule has 0 atom stereocenters. The molecular formula is C26H31NO6S. The zero-order valence-electron chi connectivity index (χ0n) is 20.4. The number of unbranched alkanes of at least 4 members (excludes halogenated alkanes) is 2. The standard InChI is InChI=1S/C26H31NO6S/c1-20(2)27(34(30,31)23-15-13-21(14-16-23)24-11-8-18-33-24)19-22-9-5-6-10-25(22)32-17-7-3-4-12-26(28)29/h5-6,8-11,13-16,18,20H,3-4,7,12,17,19H2,1-2H3,(H,28,29)/i20D. The maximum Gasteiger partial charge on any atom is 0.303 e. The van der Waals surface area contributed by atoms with Gasteiger partial charge in [0.2, 0.25) is 10.0 Å². The second-order valence-electron chi connectivity index (χ2n) is 8.12. The first-order chi connectivity index (χ1) is 16.6. The zero-order valence-corrected chi connectivity index (χ0v) is 20.3. The highest BCUT2D eigenvalue weighted by atomic mass is 32.2. The van der Waals surface area contributed by atoms with Crippen LogP contribution in [0.1, 0.15) is 46.5 Å². The third-order valence-electron chi connectivity index (χ3n) is 5.33. The first-order valence-corrected chi connectivity index (χ1v) is 12.6. The highest BCUT2D eigenvalue weighted by Crippen LogP contribution is 2.28. The molecule has 3 aromatic rings. The molecule has 0 radical (unpaired) electrons. The van der Waals surface area contributed by atoms with E-state index in [4.69, 9.17) is 15.6 Å². The van der Waals surface area contributed by atoms with Crippen molar-refractivity contribution in [3.63, 3.8) is 0 Å². The molecule has 0 saturated carbocycles. The van der Waals surface area contributed by atoms with E-state index in [1.165, 1.54) is 26.0 Å². The number of aliphatic carboxylic acids is 1. The number of carboxylic acid groups (broad SMARTS) is 1. The highest BCUT2D eigenvalue weighted by Gasteiger charge is 2.28. The van der Waals surface area contributed by atoms with E-state index >= 15 is 0 Å². The summed E-state index contributed by atoms with van der Waals surface area (Å²) in [6.45, 7) is 3.43. The Morgan fingerprint density at radius 2 is 1.79 bits per heavy atom. The van der Waals surface area contributed by atoms with Crippen molar-refractivity contribution in [2.75, 3.05) is 6.61 Å². The van der Waals surface area contributed by atoms with Crippen LogP contribution in [0.15, 0.2) is 76.2 Å². The van der Waals surface area contributed by atoms with Gasteiger partial charge in [-0.05, 0) is 75.6 Å². The number of furan rings is 1. The van der Waals surface area contributed by atoms with E-state index in [0.29, 0.717) is 36.5 Å². The van der Waals surface area contributed by atoms with Crippen LogP contribution in [0.4, 0.5) is 0 Å². The van der Waals surface area contributed by atoms with E-state index in [9.17, 15) is 13.2 Å². The van der Waals surface area contributed by atoms with Gasteiger partial charge in [0.1, 0.15) is 11.5 Å². The molecule has 2 aromatic carbocycles. The minimum Gasteiger partial charge on any atom is -0.493 e. The number of hydrogen-bond acceptors (Lipinski definition) is 5. The smallest absolute Gasteiger partial charge is 0.303 e. The summed E-state index contributed by atoms with van der Waals surface area (Å²) in [4.78, 5) is 10.7. The Balaban J connectivity index is 1.76. The van der Waals surface area contributed by atoms with Gasteiger partial charge in [0.15, 0.2) is 0 Å². The quantitative estimate of drug-likeness (QED) is 0.317. The zero-order chi connectivity index (χ0) is 25.5. The van der Waals surface area contributed by atoms with Gasteiger partial charge < -0.3 is 14.3 Å². The van der Waals surface area contributed by atoms with Crippen LogP contribution < -0.4 is 4.74 Å². The summed E-state index contributed by atoms with van der Waals surface area (Å²) in [6.07, 6.45) is 3.68. The summed E-state index contributed by atoms with van der Waals surface area (Å²) in [5, 5.41) is 8.73. The van der Waals surface area contributed by atoms with Crippen molar-refractivity contribution in [3.05, 3.63) is 72.5 Å². The molecule has 0 unspecified atom stereocenters. The molecule has 0 saturated heterocycles. The summed E-state index contributed by atoms with van der Waals surface area (Å²) in [6, 6.07) is 15.7. The summed E-state index contributed by atoms with van der Waals surface area (Å²) in [7, 11) is -4.00. The lowest BCUT2D eigenvalue weighted by molar-refractivity contribution is -0.137. The van der Waals surface area contributed by atoms with E-state index in [-0.39, 0.29) is 17.9 Å². The van der Waals surface area contributed by atoms with Crippen molar-refractivity contribution in [2.24, 2.45) is 0 Å². The van der Waals surface area contributed by atoms with Crippen molar-refractivity contribution in [2.45, 2.75) is 57.0 Å². The van der Waals surface area contributed by atoms with Crippen molar-refractivity contribution in [3.8, 4) is 17.1 Å². The molecule has 0 fully saturated rings. The summed E-state index contributed by atoms with van der Waals surface area (Å²) in [5.74, 6) is 0.371. The molecule has 34 heavy (non-hydrogen) atoms. The van der Waals surface area contributed by atoms with Gasteiger partial charge in [0.05, 0.1) is 17.8 Å². The van der Waals surface area contributed by atoms with E-state index < -0.39 is 22.0 Å². The number of para-hydroxylation sites is 1. The maximum atomic E-state index is 13.6. The Labute approximate surface area is 202 Å². The first-order valence-electron chi connectivity index (χ1n) is 11.7. The second kappa shape index (κ2) is 11.9. The van der Waals surface area contributed by atoms with Crippen LogP contribution in [0, 0.1) is 0 Å². The lowest BCUT2D eigenvalue weighted by Gasteiger charge is -2.27. The SMILES string of the molecule is [2H]C(C)(C)N(Cc1ccccc1OCCCCCC(=O)O)S(=O)(=O)c1ccc(-c2ccco2)cc1. The number of sulfonamides is 1.